The summed E-state index contributed by atoms with van der Waals surface area (Å²) >= 11 is 1.94. The molecule has 0 aliphatic rings. The van der Waals surface area contributed by atoms with Crippen LogP contribution in [0, 0.1) is 6.92 Å². The summed E-state index contributed by atoms with van der Waals surface area (Å²) in [7, 11) is 0. The van der Waals surface area contributed by atoms with Gasteiger partial charge in [0.1, 0.15) is 0 Å². The van der Waals surface area contributed by atoms with Crippen LogP contribution >= 0.6 is 23.1 Å². The van der Waals surface area contributed by atoms with Crippen molar-refractivity contribution in [3.63, 3.8) is 0 Å². The zero-order chi connectivity index (χ0) is 11.8. The third-order valence-electron chi connectivity index (χ3n) is 1.72. The van der Waals surface area contributed by atoms with Gasteiger partial charge in [0.25, 0.3) is 0 Å². The quantitative estimate of drug-likeness (QED) is 0.774. The molecule has 0 bridgehead atoms. The first-order valence-electron chi connectivity index (χ1n) is 4.37. The molecule has 2 aromatic heterocycles. The van der Waals surface area contributed by atoms with Crippen molar-refractivity contribution in [2.24, 2.45) is 0 Å². The zero-order valence-electron chi connectivity index (χ0n) is 8.21. The van der Waals surface area contributed by atoms with Gasteiger partial charge < -0.3 is 0 Å². The van der Waals surface area contributed by atoms with Crippen LogP contribution in [0.15, 0.2) is 16.6 Å². The second-order valence-electron chi connectivity index (χ2n) is 3.22. The second kappa shape index (κ2) is 4.21. The lowest BCUT2D eigenvalue weighted by Gasteiger charge is -2.02. The number of aromatic nitrogens is 2. The van der Waals surface area contributed by atoms with Crippen LogP contribution < -0.4 is 0 Å². The lowest BCUT2D eigenvalue weighted by molar-refractivity contribution is -0.105. The van der Waals surface area contributed by atoms with Crippen molar-refractivity contribution in [3.05, 3.63) is 17.8 Å². The molecular weight excluding hydrogens is 257 g/mol. The summed E-state index contributed by atoms with van der Waals surface area (Å²) in [4.78, 5) is 8.08. The Kier molecular flexibility index (Phi) is 3.07. The second-order valence-corrected chi connectivity index (χ2v) is 5.47. The lowest BCUT2D eigenvalue weighted by Crippen LogP contribution is -2.10. The highest BCUT2D eigenvalue weighted by Crippen LogP contribution is 2.32. The molecule has 0 N–H and O–H groups in total. The number of pyridine rings is 1. The van der Waals surface area contributed by atoms with Crippen LogP contribution in [0.1, 0.15) is 5.56 Å². The number of halogens is 3. The van der Waals surface area contributed by atoms with Gasteiger partial charge in [0, 0.05) is 6.20 Å². The van der Waals surface area contributed by atoms with Crippen molar-refractivity contribution in [2.45, 2.75) is 17.4 Å². The third kappa shape index (κ3) is 2.85. The Labute approximate surface area is 97.9 Å². The molecule has 2 heterocycles. The molecule has 0 aliphatic heterocycles. The summed E-state index contributed by atoms with van der Waals surface area (Å²) in [5.74, 6) is -0.911. The van der Waals surface area contributed by atoms with E-state index in [1.807, 2.05) is 13.0 Å². The minimum absolute atomic E-state index is 0.408. The van der Waals surface area contributed by atoms with Crippen molar-refractivity contribution < 1.29 is 13.2 Å². The first-order valence-corrected chi connectivity index (χ1v) is 6.17. The van der Waals surface area contributed by atoms with Crippen LogP contribution in [-0.4, -0.2) is 21.9 Å². The van der Waals surface area contributed by atoms with Gasteiger partial charge in [0.05, 0.1) is 10.5 Å². The average Bonchev–Trinajstić information content (AvgIpc) is 2.55. The minimum Gasteiger partial charge on any atom is -0.236 e. The van der Waals surface area contributed by atoms with Crippen LogP contribution in [0.3, 0.4) is 0 Å². The normalized spacial score (nSPS) is 12.2. The maximum atomic E-state index is 12.0. The van der Waals surface area contributed by atoms with Crippen LogP contribution in [0.5, 0.6) is 0 Å². The molecule has 86 valence electrons. The summed E-state index contributed by atoms with van der Waals surface area (Å²) in [5, 5.41) is 0. The number of aryl methyl sites for hydroxylation is 1. The standard InChI is InChI=1S/C9H7F3N2S2/c1-5-2-6-7(13-3-5)14-8(16-6)15-4-9(10,11)12/h2-3H,4H2,1H3. The maximum absolute atomic E-state index is 12.0. The number of hydrogen-bond donors (Lipinski definition) is 0. The molecule has 7 heteroatoms. The molecule has 0 amide bonds. The molecule has 0 aliphatic carbocycles. The van der Waals surface area contributed by atoms with Crippen LogP contribution in [-0.2, 0) is 0 Å². The fourth-order valence-electron chi connectivity index (χ4n) is 1.10. The molecule has 16 heavy (non-hydrogen) atoms. The Bertz CT molecular complexity index is 507. The number of thiazole rings is 1. The van der Waals surface area contributed by atoms with E-state index in [0.717, 1.165) is 10.3 Å². The molecule has 0 unspecified atom stereocenters. The molecule has 0 saturated carbocycles. The smallest absolute Gasteiger partial charge is 0.236 e. The largest absolute Gasteiger partial charge is 0.398 e. The number of hydrogen-bond acceptors (Lipinski definition) is 4. The van der Waals surface area contributed by atoms with E-state index in [1.54, 1.807) is 6.20 Å². The zero-order valence-corrected chi connectivity index (χ0v) is 9.84. The van der Waals surface area contributed by atoms with Gasteiger partial charge >= 0.3 is 6.18 Å². The molecular formula is C9H7F3N2S2. The van der Waals surface area contributed by atoms with E-state index in [1.165, 1.54) is 11.3 Å². The molecule has 2 nitrogen and oxygen atoms in total. The number of nitrogens with zero attached hydrogens (tertiary/aromatic N) is 2. The third-order valence-corrected chi connectivity index (χ3v) is 3.92. The Morgan fingerprint density at radius 1 is 1.44 bits per heavy atom. The molecule has 0 spiro atoms. The number of alkyl halides is 3. The predicted octanol–water partition coefficient (Wildman–Crippen LogP) is 3.65. The fourth-order valence-corrected chi connectivity index (χ4v) is 2.98. The van der Waals surface area contributed by atoms with E-state index in [0.29, 0.717) is 21.7 Å². The van der Waals surface area contributed by atoms with Crippen LogP contribution in [0.25, 0.3) is 10.3 Å². The topological polar surface area (TPSA) is 25.8 Å². The fraction of sp³-hybridized carbons (Fsp3) is 0.333. The number of thioether (sulfide) groups is 1. The summed E-state index contributed by atoms with van der Waals surface area (Å²) in [5.41, 5.74) is 1.49. The first-order chi connectivity index (χ1) is 7.44. The maximum Gasteiger partial charge on any atom is 0.398 e. The summed E-state index contributed by atoms with van der Waals surface area (Å²) in [6.45, 7) is 1.88. The molecule has 2 aromatic rings. The van der Waals surface area contributed by atoms with Crippen molar-refractivity contribution in [2.75, 3.05) is 5.75 Å². The number of fused-ring (bicyclic) bond motifs is 1. The van der Waals surface area contributed by atoms with Crippen molar-refractivity contribution >= 4 is 33.4 Å². The minimum atomic E-state index is -4.16. The summed E-state index contributed by atoms with van der Waals surface area (Å²) in [6, 6.07) is 1.87. The molecule has 0 atom stereocenters. The van der Waals surface area contributed by atoms with Gasteiger partial charge in [-0.15, -0.1) is 11.3 Å². The van der Waals surface area contributed by atoms with E-state index in [9.17, 15) is 13.2 Å². The van der Waals surface area contributed by atoms with E-state index in [4.69, 9.17) is 0 Å². The highest BCUT2D eigenvalue weighted by Gasteiger charge is 2.28. The van der Waals surface area contributed by atoms with Gasteiger partial charge in [-0.3, -0.25) is 0 Å². The molecule has 0 radical (unpaired) electrons. The van der Waals surface area contributed by atoms with Gasteiger partial charge in [0.2, 0.25) is 0 Å². The summed E-state index contributed by atoms with van der Waals surface area (Å²) in [6.07, 6.45) is -2.51. The van der Waals surface area contributed by atoms with Crippen molar-refractivity contribution in [1.82, 2.24) is 9.97 Å². The van der Waals surface area contributed by atoms with Gasteiger partial charge in [-0.05, 0) is 18.6 Å². The Morgan fingerprint density at radius 2 is 2.19 bits per heavy atom. The molecule has 0 aromatic carbocycles. The highest BCUT2D eigenvalue weighted by molar-refractivity contribution is 8.01. The predicted molar refractivity (Wildman–Crippen MR) is 58.9 cm³/mol. The monoisotopic (exact) mass is 264 g/mol. The van der Waals surface area contributed by atoms with Gasteiger partial charge in [0.15, 0.2) is 9.99 Å². The van der Waals surface area contributed by atoms with Gasteiger partial charge in [-0.25, -0.2) is 9.97 Å². The van der Waals surface area contributed by atoms with Crippen LogP contribution in [0.2, 0.25) is 0 Å². The Balaban J connectivity index is 2.20. The van der Waals surface area contributed by atoms with Crippen molar-refractivity contribution in [3.8, 4) is 0 Å². The average molecular weight is 264 g/mol. The summed E-state index contributed by atoms with van der Waals surface area (Å²) < 4.78 is 37.2. The molecule has 0 saturated heterocycles. The molecule has 2 rings (SSSR count). The Hall–Kier alpha value is -0.820. The van der Waals surface area contributed by atoms with E-state index < -0.39 is 11.9 Å². The first kappa shape index (κ1) is 11.7. The van der Waals surface area contributed by atoms with E-state index >= 15 is 0 Å². The SMILES string of the molecule is Cc1cnc2nc(SCC(F)(F)F)sc2c1. The Morgan fingerprint density at radius 3 is 2.88 bits per heavy atom. The van der Waals surface area contributed by atoms with Gasteiger partial charge in [-0.2, -0.15) is 13.2 Å². The lowest BCUT2D eigenvalue weighted by atomic mass is 10.3. The van der Waals surface area contributed by atoms with E-state index in [2.05, 4.69) is 9.97 Å². The van der Waals surface area contributed by atoms with Crippen LogP contribution in [0.4, 0.5) is 13.2 Å². The number of rotatable bonds is 2. The van der Waals surface area contributed by atoms with Gasteiger partial charge in [-0.1, -0.05) is 11.8 Å². The van der Waals surface area contributed by atoms with Crippen molar-refractivity contribution in [1.29, 1.82) is 0 Å². The van der Waals surface area contributed by atoms with E-state index in [-0.39, 0.29) is 0 Å². The molecule has 0 fully saturated rings. The highest BCUT2D eigenvalue weighted by atomic mass is 32.2.